The smallest absolute Gasteiger partial charge is 0.243 e. The van der Waals surface area contributed by atoms with E-state index in [1.165, 1.54) is 0 Å². The van der Waals surface area contributed by atoms with Crippen molar-refractivity contribution in [1.82, 2.24) is 10.2 Å². The molecule has 0 fully saturated rings. The summed E-state index contributed by atoms with van der Waals surface area (Å²) < 4.78 is 5.92. The molecule has 0 saturated carbocycles. The van der Waals surface area contributed by atoms with Crippen LogP contribution in [0.25, 0.3) is 0 Å². The van der Waals surface area contributed by atoms with E-state index in [1.54, 1.807) is 6.20 Å². The maximum Gasteiger partial charge on any atom is 0.243 e. The highest BCUT2D eigenvalue weighted by molar-refractivity contribution is 5.42. The summed E-state index contributed by atoms with van der Waals surface area (Å²) in [5.74, 6) is 1.69. The van der Waals surface area contributed by atoms with Crippen LogP contribution in [-0.4, -0.2) is 10.2 Å². The first-order valence-corrected chi connectivity index (χ1v) is 6.41. The monoisotopic (exact) mass is 257 g/mol. The van der Waals surface area contributed by atoms with Crippen molar-refractivity contribution < 1.29 is 4.74 Å². The van der Waals surface area contributed by atoms with E-state index in [0.717, 1.165) is 22.4 Å². The number of aryl methyl sites for hydroxylation is 1. The van der Waals surface area contributed by atoms with Crippen LogP contribution in [0.2, 0.25) is 0 Å². The molecule has 0 unspecified atom stereocenters. The molecular weight excluding hydrogens is 238 g/mol. The minimum Gasteiger partial charge on any atom is -0.437 e. The lowest BCUT2D eigenvalue weighted by atomic mass is 10.0. The summed E-state index contributed by atoms with van der Waals surface area (Å²) in [6.07, 6.45) is 1.62. The van der Waals surface area contributed by atoms with Gasteiger partial charge in [-0.2, -0.15) is 5.10 Å². The molecule has 2 rings (SSSR count). The van der Waals surface area contributed by atoms with Crippen LogP contribution in [0.15, 0.2) is 30.5 Å². The molecule has 0 atom stereocenters. The fourth-order valence-corrected chi connectivity index (χ4v) is 1.90. The maximum absolute atomic E-state index is 5.92. The van der Waals surface area contributed by atoms with E-state index < -0.39 is 0 Å². The average Bonchev–Trinajstić information content (AvgIpc) is 2.39. The zero-order valence-electron chi connectivity index (χ0n) is 11.6. The molecular formula is C15H19N3O. The molecule has 19 heavy (non-hydrogen) atoms. The Morgan fingerprint density at radius 2 is 2.05 bits per heavy atom. The Bertz CT molecular complexity index is 567. The second-order valence-corrected chi connectivity index (χ2v) is 4.86. The molecule has 0 radical (unpaired) electrons. The Morgan fingerprint density at radius 3 is 2.74 bits per heavy atom. The van der Waals surface area contributed by atoms with Gasteiger partial charge in [-0.15, -0.1) is 5.10 Å². The summed E-state index contributed by atoms with van der Waals surface area (Å²) in [6.45, 7) is 6.70. The zero-order chi connectivity index (χ0) is 13.8. The fraction of sp³-hybridized carbons (Fsp3) is 0.333. The molecule has 4 nitrogen and oxygen atoms in total. The van der Waals surface area contributed by atoms with E-state index in [0.29, 0.717) is 18.3 Å². The van der Waals surface area contributed by atoms with E-state index in [1.807, 2.05) is 19.1 Å². The molecule has 0 aliphatic heterocycles. The van der Waals surface area contributed by atoms with Crippen LogP contribution in [0.1, 0.15) is 36.5 Å². The second kappa shape index (κ2) is 5.80. The van der Waals surface area contributed by atoms with Gasteiger partial charge in [-0.1, -0.05) is 26.0 Å². The Labute approximate surface area is 113 Å². The molecule has 0 saturated heterocycles. The number of nitrogens with zero attached hydrogens (tertiary/aromatic N) is 2. The van der Waals surface area contributed by atoms with Crippen LogP contribution in [-0.2, 0) is 6.54 Å². The maximum atomic E-state index is 5.92. The van der Waals surface area contributed by atoms with Crippen molar-refractivity contribution >= 4 is 0 Å². The van der Waals surface area contributed by atoms with Gasteiger partial charge < -0.3 is 10.5 Å². The fourth-order valence-electron chi connectivity index (χ4n) is 1.90. The Hall–Kier alpha value is -1.94. The zero-order valence-corrected chi connectivity index (χ0v) is 11.6. The van der Waals surface area contributed by atoms with E-state index in [4.69, 9.17) is 10.5 Å². The first-order chi connectivity index (χ1) is 9.11. The Morgan fingerprint density at radius 1 is 1.26 bits per heavy atom. The van der Waals surface area contributed by atoms with Crippen molar-refractivity contribution in [3.8, 4) is 11.6 Å². The van der Waals surface area contributed by atoms with Gasteiger partial charge in [0.15, 0.2) is 0 Å². The Kier molecular flexibility index (Phi) is 4.12. The number of hydrogen-bond acceptors (Lipinski definition) is 4. The van der Waals surface area contributed by atoms with Crippen molar-refractivity contribution in [1.29, 1.82) is 0 Å². The lowest BCUT2D eigenvalue weighted by molar-refractivity contribution is 0.440. The van der Waals surface area contributed by atoms with Gasteiger partial charge in [0.2, 0.25) is 5.88 Å². The SMILES string of the molecule is Cc1ccc(C(C)C)c(Oc2nnccc2CN)c1. The van der Waals surface area contributed by atoms with Crippen LogP contribution in [0.5, 0.6) is 11.6 Å². The quantitative estimate of drug-likeness (QED) is 0.914. The largest absolute Gasteiger partial charge is 0.437 e. The highest BCUT2D eigenvalue weighted by atomic mass is 16.5. The van der Waals surface area contributed by atoms with E-state index in [9.17, 15) is 0 Å². The van der Waals surface area contributed by atoms with Gasteiger partial charge >= 0.3 is 0 Å². The number of hydrogen-bond donors (Lipinski definition) is 1. The summed E-state index contributed by atoms with van der Waals surface area (Å²) in [6, 6.07) is 8.02. The van der Waals surface area contributed by atoms with Gasteiger partial charge in [-0.05, 0) is 36.1 Å². The molecule has 4 heteroatoms. The molecule has 0 aliphatic carbocycles. The third-order valence-corrected chi connectivity index (χ3v) is 2.98. The van der Waals surface area contributed by atoms with Crippen LogP contribution in [0.3, 0.4) is 0 Å². The molecule has 0 spiro atoms. The van der Waals surface area contributed by atoms with Gasteiger partial charge in [0.1, 0.15) is 5.75 Å². The molecule has 2 aromatic rings. The molecule has 1 heterocycles. The van der Waals surface area contributed by atoms with Gasteiger partial charge in [0.25, 0.3) is 0 Å². The topological polar surface area (TPSA) is 61.0 Å². The van der Waals surface area contributed by atoms with Crippen LogP contribution < -0.4 is 10.5 Å². The highest BCUT2D eigenvalue weighted by Gasteiger charge is 2.12. The van der Waals surface area contributed by atoms with Gasteiger partial charge in [-0.3, -0.25) is 0 Å². The molecule has 100 valence electrons. The minimum atomic E-state index is 0.383. The molecule has 1 aromatic carbocycles. The van der Waals surface area contributed by atoms with Crippen LogP contribution >= 0.6 is 0 Å². The van der Waals surface area contributed by atoms with Crippen LogP contribution in [0, 0.1) is 6.92 Å². The number of rotatable bonds is 4. The molecule has 0 amide bonds. The van der Waals surface area contributed by atoms with Gasteiger partial charge in [-0.25, -0.2) is 0 Å². The first kappa shape index (κ1) is 13.5. The standard InChI is InChI=1S/C15H19N3O/c1-10(2)13-5-4-11(3)8-14(13)19-15-12(9-16)6-7-17-18-15/h4-8,10H,9,16H2,1-3H3. The van der Waals surface area contributed by atoms with Crippen molar-refractivity contribution in [3.05, 3.63) is 47.2 Å². The molecule has 0 bridgehead atoms. The summed E-state index contributed by atoms with van der Waals surface area (Å²) in [5, 5.41) is 7.88. The number of benzene rings is 1. The lowest BCUT2D eigenvalue weighted by Gasteiger charge is -2.15. The highest BCUT2D eigenvalue weighted by Crippen LogP contribution is 2.31. The third kappa shape index (κ3) is 3.09. The number of ether oxygens (including phenoxy) is 1. The first-order valence-electron chi connectivity index (χ1n) is 6.41. The van der Waals surface area contributed by atoms with Gasteiger partial charge in [0.05, 0.1) is 6.20 Å². The minimum absolute atomic E-state index is 0.383. The van der Waals surface area contributed by atoms with Crippen molar-refractivity contribution in [3.63, 3.8) is 0 Å². The van der Waals surface area contributed by atoms with Crippen molar-refractivity contribution in [2.45, 2.75) is 33.2 Å². The second-order valence-electron chi connectivity index (χ2n) is 4.86. The van der Waals surface area contributed by atoms with Crippen molar-refractivity contribution in [2.75, 3.05) is 0 Å². The van der Waals surface area contributed by atoms with Crippen molar-refractivity contribution in [2.24, 2.45) is 5.73 Å². The average molecular weight is 257 g/mol. The summed E-state index contributed by atoms with van der Waals surface area (Å²) in [7, 11) is 0. The summed E-state index contributed by atoms with van der Waals surface area (Å²) >= 11 is 0. The van der Waals surface area contributed by atoms with E-state index in [-0.39, 0.29) is 0 Å². The lowest BCUT2D eigenvalue weighted by Crippen LogP contribution is -2.03. The molecule has 0 aliphatic rings. The molecule has 1 aromatic heterocycles. The normalized spacial score (nSPS) is 10.8. The van der Waals surface area contributed by atoms with Gasteiger partial charge in [0, 0.05) is 12.1 Å². The number of nitrogens with two attached hydrogens (primary N) is 1. The van der Waals surface area contributed by atoms with E-state index >= 15 is 0 Å². The summed E-state index contributed by atoms with van der Waals surface area (Å²) in [4.78, 5) is 0. The number of aromatic nitrogens is 2. The Balaban J connectivity index is 2.39. The van der Waals surface area contributed by atoms with Crippen LogP contribution in [0.4, 0.5) is 0 Å². The molecule has 2 N–H and O–H groups in total. The summed E-state index contributed by atoms with van der Waals surface area (Å²) in [5.41, 5.74) is 8.84. The third-order valence-electron chi connectivity index (χ3n) is 2.98. The predicted octanol–water partition coefficient (Wildman–Crippen LogP) is 3.16. The van der Waals surface area contributed by atoms with E-state index in [2.05, 4.69) is 36.2 Å². The predicted molar refractivity (Wildman–Crippen MR) is 75.3 cm³/mol.